The summed E-state index contributed by atoms with van der Waals surface area (Å²) in [5.74, 6) is 0.917. The predicted molar refractivity (Wildman–Crippen MR) is 125 cm³/mol. The molecule has 0 aliphatic rings. The Morgan fingerprint density at radius 1 is 1.24 bits per heavy atom. The van der Waals surface area contributed by atoms with E-state index in [4.69, 9.17) is 4.74 Å². The van der Waals surface area contributed by atoms with Crippen LogP contribution in [0.15, 0.2) is 76.9 Å². The van der Waals surface area contributed by atoms with Crippen LogP contribution >= 0.6 is 0 Å². The molecular weight excluding hydrogens is 418 g/mol. The molecule has 33 heavy (non-hydrogen) atoms. The number of hydrogen-bond donors (Lipinski definition) is 2. The maximum absolute atomic E-state index is 12.4. The first kappa shape index (κ1) is 21.5. The van der Waals surface area contributed by atoms with Crippen LogP contribution in [0.25, 0.3) is 11.3 Å². The summed E-state index contributed by atoms with van der Waals surface area (Å²) in [4.78, 5) is 19.3. The monoisotopic (exact) mass is 439 g/mol. The molecule has 4 rings (SSSR count). The molecule has 2 N–H and O–H groups in total. The zero-order chi connectivity index (χ0) is 23.0. The minimum atomic E-state index is -0.536. The van der Waals surface area contributed by atoms with Gasteiger partial charge in [-0.25, -0.2) is 10.4 Å². The standard InChI is InChI=1S/C24H21N7O2/c1-2-33-21-10-9-17(13-19(21)16-31-12-6-11-27-31)15-26-30-24-28-22(18-7-4-3-5-8-18)20(14-25)23(32)29-24/h3-13,15H,2,16H2,1H3,(H2,28,29,30,32). The van der Waals surface area contributed by atoms with Crippen molar-refractivity contribution in [3.05, 3.63) is 94.0 Å². The summed E-state index contributed by atoms with van der Waals surface area (Å²) in [6, 6.07) is 18.6. The molecule has 2 aromatic heterocycles. The Kier molecular flexibility index (Phi) is 6.56. The molecule has 9 heteroatoms. The fourth-order valence-electron chi connectivity index (χ4n) is 3.27. The zero-order valence-corrected chi connectivity index (χ0v) is 17.9. The maximum atomic E-state index is 12.4. The smallest absolute Gasteiger partial charge is 0.270 e. The van der Waals surface area contributed by atoms with Crippen LogP contribution in [0, 0.1) is 11.3 Å². The molecule has 0 aliphatic heterocycles. The highest BCUT2D eigenvalue weighted by atomic mass is 16.5. The Balaban J connectivity index is 1.57. The molecule has 0 saturated heterocycles. The molecule has 0 saturated carbocycles. The number of benzene rings is 2. The summed E-state index contributed by atoms with van der Waals surface area (Å²) in [6.45, 7) is 3.05. The summed E-state index contributed by atoms with van der Waals surface area (Å²) in [5.41, 5.74) is 4.91. The molecule has 164 valence electrons. The fraction of sp³-hybridized carbons (Fsp3) is 0.125. The van der Waals surface area contributed by atoms with Crippen molar-refractivity contribution < 1.29 is 4.74 Å². The minimum Gasteiger partial charge on any atom is -0.494 e. The van der Waals surface area contributed by atoms with Gasteiger partial charge in [0, 0.05) is 23.5 Å². The third-order valence-electron chi connectivity index (χ3n) is 4.74. The maximum Gasteiger partial charge on any atom is 0.270 e. The van der Waals surface area contributed by atoms with Crippen molar-refractivity contribution in [2.75, 3.05) is 12.0 Å². The second-order valence-corrected chi connectivity index (χ2v) is 6.99. The Morgan fingerprint density at radius 3 is 2.82 bits per heavy atom. The van der Waals surface area contributed by atoms with E-state index in [-0.39, 0.29) is 11.5 Å². The van der Waals surface area contributed by atoms with Crippen LogP contribution in [0.4, 0.5) is 5.95 Å². The third-order valence-corrected chi connectivity index (χ3v) is 4.74. The van der Waals surface area contributed by atoms with E-state index in [0.717, 1.165) is 16.9 Å². The van der Waals surface area contributed by atoms with E-state index < -0.39 is 5.56 Å². The molecule has 0 fully saturated rings. The van der Waals surface area contributed by atoms with Crippen LogP contribution in [-0.2, 0) is 6.54 Å². The van der Waals surface area contributed by atoms with Gasteiger partial charge in [0.25, 0.3) is 5.56 Å². The number of ether oxygens (including phenoxy) is 1. The molecule has 0 radical (unpaired) electrons. The summed E-state index contributed by atoms with van der Waals surface area (Å²) in [5, 5.41) is 17.8. The van der Waals surface area contributed by atoms with E-state index >= 15 is 0 Å². The molecule has 0 spiro atoms. The Morgan fingerprint density at radius 2 is 2.09 bits per heavy atom. The van der Waals surface area contributed by atoms with Gasteiger partial charge in [-0.1, -0.05) is 30.3 Å². The summed E-state index contributed by atoms with van der Waals surface area (Å²) in [6.07, 6.45) is 5.22. The van der Waals surface area contributed by atoms with Gasteiger partial charge in [-0.05, 0) is 36.8 Å². The number of nitriles is 1. The normalized spacial score (nSPS) is 10.8. The highest BCUT2D eigenvalue weighted by molar-refractivity contribution is 5.81. The number of nitrogens with zero attached hydrogens (tertiary/aromatic N) is 5. The van der Waals surface area contributed by atoms with E-state index in [0.29, 0.717) is 24.4 Å². The van der Waals surface area contributed by atoms with Crippen molar-refractivity contribution in [1.29, 1.82) is 5.26 Å². The Labute approximate surface area is 190 Å². The van der Waals surface area contributed by atoms with Crippen molar-refractivity contribution >= 4 is 12.2 Å². The van der Waals surface area contributed by atoms with Crippen LogP contribution in [0.3, 0.4) is 0 Å². The van der Waals surface area contributed by atoms with E-state index in [9.17, 15) is 10.1 Å². The van der Waals surface area contributed by atoms with Gasteiger partial charge in [0.1, 0.15) is 17.4 Å². The van der Waals surface area contributed by atoms with Crippen LogP contribution in [0.1, 0.15) is 23.6 Å². The van der Waals surface area contributed by atoms with E-state index in [1.54, 1.807) is 24.5 Å². The first-order chi connectivity index (χ1) is 16.2. The van der Waals surface area contributed by atoms with Gasteiger partial charge in [-0.2, -0.15) is 15.5 Å². The SMILES string of the molecule is CCOc1ccc(C=NNc2nc(-c3ccccc3)c(C#N)c(=O)[nH]2)cc1Cn1cccn1. The molecular formula is C24H21N7O2. The largest absolute Gasteiger partial charge is 0.494 e. The van der Waals surface area contributed by atoms with Crippen molar-refractivity contribution in [3.63, 3.8) is 0 Å². The highest BCUT2D eigenvalue weighted by Crippen LogP contribution is 2.21. The van der Waals surface area contributed by atoms with Gasteiger partial charge < -0.3 is 4.74 Å². The number of hydrazone groups is 1. The van der Waals surface area contributed by atoms with Gasteiger partial charge in [0.05, 0.1) is 25.1 Å². The molecule has 0 aliphatic carbocycles. The lowest BCUT2D eigenvalue weighted by Gasteiger charge is -2.11. The lowest BCUT2D eigenvalue weighted by atomic mass is 10.1. The second kappa shape index (κ2) is 10.1. The van der Waals surface area contributed by atoms with E-state index in [1.165, 1.54) is 0 Å². The minimum absolute atomic E-state index is 0.0505. The third kappa shape index (κ3) is 5.14. The van der Waals surface area contributed by atoms with Gasteiger partial charge in [0.15, 0.2) is 0 Å². The van der Waals surface area contributed by atoms with Gasteiger partial charge >= 0.3 is 0 Å². The van der Waals surface area contributed by atoms with Gasteiger partial charge in [-0.15, -0.1) is 0 Å². The fourth-order valence-corrected chi connectivity index (χ4v) is 3.27. The Hall–Kier alpha value is -4.71. The zero-order valence-electron chi connectivity index (χ0n) is 17.9. The number of aromatic nitrogens is 4. The lowest BCUT2D eigenvalue weighted by Crippen LogP contribution is -2.16. The molecule has 0 atom stereocenters. The molecule has 9 nitrogen and oxygen atoms in total. The summed E-state index contributed by atoms with van der Waals surface area (Å²) >= 11 is 0. The molecule has 4 aromatic rings. The van der Waals surface area contributed by atoms with Crippen LogP contribution in [-0.4, -0.2) is 32.6 Å². The van der Waals surface area contributed by atoms with Gasteiger partial charge in [0.2, 0.25) is 5.95 Å². The molecule has 2 aromatic carbocycles. The molecule has 0 unspecified atom stereocenters. The van der Waals surface area contributed by atoms with Crippen molar-refractivity contribution in [1.82, 2.24) is 19.7 Å². The van der Waals surface area contributed by atoms with E-state index in [1.807, 2.05) is 66.3 Å². The molecule has 0 amide bonds. The van der Waals surface area contributed by atoms with Crippen molar-refractivity contribution in [3.8, 4) is 23.1 Å². The van der Waals surface area contributed by atoms with E-state index in [2.05, 4.69) is 25.6 Å². The number of hydrogen-bond acceptors (Lipinski definition) is 7. The second-order valence-electron chi connectivity index (χ2n) is 6.99. The lowest BCUT2D eigenvalue weighted by molar-refractivity contribution is 0.335. The number of aromatic amines is 1. The number of H-pyrrole nitrogens is 1. The highest BCUT2D eigenvalue weighted by Gasteiger charge is 2.13. The predicted octanol–water partition coefficient (Wildman–Crippen LogP) is 3.40. The first-order valence-electron chi connectivity index (χ1n) is 10.3. The topological polar surface area (TPSA) is 121 Å². The van der Waals surface area contributed by atoms with Crippen LogP contribution in [0.2, 0.25) is 0 Å². The van der Waals surface area contributed by atoms with Crippen molar-refractivity contribution in [2.24, 2.45) is 5.10 Å². The summed E-state index contributed by atoms with van der Waals surface area (Å²) < 4.78 is 7.54. The average Bonchev–Trinajstić information content (AvgIpc) is 3.34. The Bertz CT molecular complexity index is 1350. The first-order valence-corrected chi connectivity index (χ1v) is 10.3. The van der Waals surface area contributed by atoms with Gasteiger partial charge in [-0.3, -0.25) is 14.5 Å². The van der Waals surface area contributed by atoms with Crippen LogP contribution < -0.4 is 15.7 Å². The quantitative estimate of drug-likeness (QED) is 0.321. The van der Waals surface area contributed by atoms with Crippen LogP contribution in [0.5, 0.6) is 5.75 Å². The van der Waals surface area contributed by atoms with Crippen molar-refractivity contribution in [2.45, 2.75) is 13.5 Å². The number of rotatable bonds is 8. The summed E-state index contributed by atoms with van der Waals surface area (Å²) in [7, 11) is 0. The average molecular weight is 439 g/mol. The molecule has 2 heterocycles. The number of anilines is 1. The number of nitrogens with one attached hydrogen (secondary N) is 2. The molecule has 0 bridgehead atoms.